The predicted octanol–water partition coefficient (Wildman–Crippen LogP) is 0.464. The molecule has 1 N–H and O–H groups in total. The van der Waals surface area contributed by atoms with Crippen molar-refractivity contribution in [1.82, 2.24) is 5.01 Å². The van der Waals surface area contributed by atoms with Crippen LogP contribution < -0.4 is 0 Å². The second kappa shape index (κ2) is 2.18. The summed E-state index contributed by atoms with van der Waals surface area (Å²) in [4.78, 5) is 21.0. The fourth-order valence-corrected chi connectivity index (χ4v) is 2.23. The van der Waals surface area contributed by atoms with Crippen molar-refractivity contribution in [1.29, 1.82) is 0 Å². The Balaban J connectivity index is 2.18. The van der Waals surface area contributed by atoms with E-state index >= 15 is 0 Å². The van der Waals surface area contributed by atoms with Crippen molar-refractivity contribution in [3.63, 3.8) is 0 Å². The molecule has 2 atom stereocenters. The van der Waals surface area contributed by atoms with Crippen LogP contribution in [0.1, 0.15) is 12.8 Å². The second-order valence-corrected chi connectivity index (χ2v) is 3.63. The van der Waals surface area contributed by atoms with Gasteiger partial charge in [-0.25, -0.2) is 0 Å². The zero-order valence-corrected chi connectivity index (χ0v) is 6.56. The molecular formula is C7H10N2O3. The van der Waals surface area contributed by atoms with Gasteiger partial charge in [-0.15, -0.1) is 4.91 Å². The maximum atomic E-state index is 10.9. The van der Waals surface area contributed by atoms with Crippen LogP contribution in [0, 0.1) is 16.2 Å². The molecule has 12 heavy (non-hydrogen) atoms. The van der Waals surface area contributed by atoms with Gasteiger partial charge >= 0.3 is 5.97 Å². The highest BCUT2D eigenvalue weighted by molar-refractivity contribution is 5.77. The van der Waals surface area contributed by atoms with Gasteiger partial charge < -0.3 is 5.11 Å². The van der Waals surface area contributed by atoms with E-state index in [0.29, 0.717) is 19.5 Å². The molecule has 2 aliphatic rings. The van der Waals surface area contributed by atoms with Crippen LogP contribution in [0.3, 0.4) is 0 Å². The quantitative estimate of drug-likeness (QED) is 0.611. The first-order valence-corrected chi connectivity index (χ1v) is 4.01. The van der Waals surface area contributed by atoms with Gasteiger partial charge in [0.25, 0.3) is 0 Å². The molecule has 0 radical (unpaired) electrons. The van der Waals surface area contributed by atoms with E-state index in [9.17, 15) is 9.70 Å². The third kappa shape index (κ3) is 0.707. The lowest BCUT2D eigenvalue weighted by Crippen LogP contribution is -2.46. The number of hydrogen-bond donors (Lipinski definition) is 1. The van der Waals surface area contributed by atoms with Gasteiger partial charge in [-0.2, -0.15) is 0 Å². The molecule has 1 heterocycles. The van der Waals surface area contributed by atoms with Crippen LogP contribution in [0.15, 0.2) is 5.29 Å². The van der Waals surface area contributed by atoms with Gasteiger partial charge in [0, 0.05) is 6.54 Å². The molecule has 5 heteroatoms. The van der Waals surface area contributed by atoms with E-state index in [2.05, 4.69) is 5.29 Å². The summed E-state index contributed by atoms with van der Waals surface area (Å²) in [6, 6.07) is 0. The Hall–Kier alpha value is -1.13. The SMILES string of the molecule is O=NN1CC2CCC2(C(=O)O)C1. The van der Waals surface area contributed by atoms with Crippen molar-refractivity contribution < 1.29 is 9.90 Å². The van der Waals surface area contributed by atoms with Crippen molar-refractivity contribution >= 4 is 5.97 Å². The van der Waals surface area contributed by atoms with E-state index in [1.165, 1.54) is 5.01 Å². The first kappa shape index (κ1) is 7.52. The number of nitroso groups, excluding NO2 is 1. The summed E-state index contributed by atoms with van der Waals surface area (Å²) >= 11 is 0. The average Bonchev–Trinajstić information content (AvgIpc) is 2.25. The summed E-state index contributed by atoms with van der Waals surface area (Å²) in [6.07, 6.45) is 1.61. The van der Waals surface area contributed by atoms with Crippen LogP contribution in [-0.4, -0.2) is 29.2 Å². The van der Waals surface area contributed by atoms with Crippen LogP contribution >= 0.6 is 0 Å². The molecule has 0 aromatic rings. The number of carboxylic acid groups (broad SMARTS) is 1. The minimum Gasteiger partial charge on any atom is -0.481 e. The lowest BCUT2D eigenvalue weighted by molar-refractivity contribution is -0.156. The number of nitrogens with zero attached hydrogens (tertiary/aromatic N) is 2. The number of carboxylic acids is 1. The minimum atomic E-state index is -0.773. The molecule has 2 unspecified atom stereocenters. The number of hydrogen-bond acceptors (Lipinski definition) is 3. The smallest absolute Gasteiger partial charge is 0.311 e. The Kier molecular flexibility index (Phi) is 1.37. The molecule has 2 fully saturated rings. The van der Waals surface area contributed by atoms with Gasteiger partial charge in [0.2, 0.25) is 0 Å². The zero-order valence-electron chi connectivity index (χ0n) is 6.56. The van der Waals surface area contributed by atoms with E-state index in [-0.39, 0.29) is 5.92 Å². The Labute approximate surface area is 69.3 Å². The third-order valence-electron chi connectivity index (χ3n) is 3.16. The molecule has 0 bridgehead atoms. The fraction of sp³-hybridized carbons (Fsp3) is 0.857. The molecule has 2 rings (SSSR count). The number of fused-ring (bicyclic) bond motifs is 1. The third-order valence-corrected chi connectivity index (χ3v) is 3.16. The molecule has 5 nitrogen and oxygen atoms in total. The topological polar surface area (TPSA) is 70.0 Å². The maximum Gasteiger partial charge on any atom is 0.311 e. The molecule has 1 aliphatic heterocycles. The van der Waals surface area contributed by atoms with E-state index in [1.807, 2.05) is 0 Å². The van der Waals surface area contributed by atoms with E-state index in [4.69, 9.17) is 5.11 Å². The highest BCUT2D eigenvalue weighted by Crippen LogP contribution is 2.52. The Morgan fingerprint density at radius 2 is 2.42 bits per heavy atom. The van der Waals surface area contributed by atoms with Gasteiger partial charge in [-0.1, -0.05) is 0 Å². The molecule has 66 valence electrons. The van der Waals surface area contributed by atoms with Crippen molar-refractivity contribution in [2.24, 2.45) is 16.6 Å². The molecule has 1 saturated heterocycles. The summed E-state index contributed by atoms with van der Waals surface area (Å²) in [5.41, 5.74) is -0.645. The van der Waals surface area contributed by atoms with Crippen LogP contribution in [0.5, 0.6) is 0 Å². The Bertz CT molecular complexity index is 243. The standard InChI is InChI=1S/C7H10N2O3/c10-6(11)7-2-1-5(7)3-9(4-7)8-12/h5H,1-4H2,(H,10,11). The number of aliphatic carboxylic acids is 1. The Morgan fingerprint density at radius 1 is 1.67 bits per heavy atom. The van der Waals surface area contributed by atoms with Crippen LogP contribution in [0.2, 0.25) is 0 Å². The van der Waals surface area contributed by atoms with Crippen LogP contribution in [0.4, 0.5) is 0 Å². The van der Waals surface area contributed by atoms with Crippen molar-refractivity contribution in [3.05, 3.63) is 4.91 Å². The normalized spacial score (nSPS) is 38.7. The number of carbonyl (C=O) groups is 1. The van der Waals surface area contributed by atoms with E-state index < -0.39 is 11.4 Å². The largest absolute Gasteiger partial charge is 0.481 e. The maximum absolute atomic E-state index is 10.9. The second-order valence-electron chi connectivity index (χ2n) is 3.63. The highest BCUT2D eigenvalue weighted by atomic mass is 16.4. The molecule has 0 spiro atoms. The predicted molar refractivity (Wildman–Crippen MR) is 40.2 cm³/mol. The first-order chi connectivity index (χ1) is 5.69. The molecule has 0 amide bonds. The summed E-state index contributed by atoms with van der Waals surface area (Å²) in [6.45, 7) is 0.826. The van der Waals surface area contributed by atoms with Crippen molar-refractivity contribution in [2.45, 2.75) is 12.8 Å². The van der Waals surface area contributed by atoms with Gasteiger partial charge in [-0.05, 0) is 18.8 Å². The van der Waals surface area contributed by atoms with E-state index in [0.717, 1.165) is 6.42 Å². The molecule has 0 aromatic heterocycles. The van der Waals surface area contributed by atoms with E-state index in [1.54, 1.807) is 0 Å². The monoisotopic (exact) mass is 170 g/mol. The van der Waals surface area contributed by atoms with Gasteiger partial charge in [0.1, 0.15) is 0 Å². The van der Waals surface area contributed by atoms with Gasteiger partial charge in [-0.3, -0.25) is 9.80 Å². The molecular weight excluding hydrogens is 160 g/mol. The van der Waals surface area contributed by atoms with Crippen LogP contribution in [-0.2, 0) is 4.79 Å². The Morgan fingerprint density at radius 3 is 2.75 bits per heavy atom. The van der Waals surface area contributed by atoms with Crippen molar-refractivity contribution in [3.8, 4) is 0 Å². The average molecular weight is 170 g/mol. The number of rotatable bonds is 2. The zero-order chi connectivity index (χ0) is 8.77. The van der Waals surface area contributed by atoms with Gasteiger partial charge in [0.15, 0.2) is 0 Å². The summed E-state index contributed by atoms with van der Waals surface area (Å²) in [5, 5.41) is 13.0. The van der Waals surface area contributed by atoms with Crippen LogP contribution in [0.25, 0.3) is 0 Å². The summed E-state index contributed by atoms with van der Waals surface area (Å²) < 4.78 is 0. The summed E-state index contributed by atoms with van der Waals surface area (Å²) in [5.74, 6) is -0.627. The molecule has 1 aliphatic carbocycles. The van der Waals surface area contributed by atoms with Crippen molar-refractivity contribution in [2.75, 3.05) is 13.1 Å². The minimum absolute atomic E-state index is 0.146. The molecule has 1 saturated carbocycles. The fourth-order valence-electron chi connectivity index (χ4n) is 2.23. The van der Waals surface area contributed by atoms with Gasteiger partial charge in [0.05, 0.1) is 17.2 Å². The summed E-state index contributed by atoms with van der Waals surface area (Å²) in [7, 11) is 0. The first-order valence-electron chi connectivity index (χ1n) is 4.01. The lowest BCUT2D eigenvalue weighted by Gasteiger charge is -2.39. The lowest BCUT2D eigenvalue weighted by atomic mass is 9.62. The highest BCUT2D eigenvalue weighted by Gasteiger charge is 2.58. The molecule has 0 aromatic carbocycles.